The number of aromatic nitrogens is 2. The van der Waals surface area contributed by atoms with Crippen molar-refractivity contribution in [1.82, 2.24) is 14.6 Å². The minimum atomic E-state index is -0.753. The Labute approximate surface area is 142 Å². The predicted octanol–water partition coefficient (Wildman–Crippen LogP) is 2.35. The highest BCUT2D eigenvalue weighted by molar-refractivity contribution is 6.20. The molecule has 0 fully saturated rings. The van der Waals surface area contributed by atoms with Crippen molar-refractivity contribution in [2.45, 2.75) is 13.0 Å². The van der Waals surface area contributed by atoms with Crippen LogP contribution in [0.4, 0.5) is 0 Å². The molecule has 1 unspecified atom stereocenters. The van der Waals surface area contributed by atoms with Crippen LogP contribution in [0.1, 0.15) is 33.7 Å². The average molecular weight is 335 g/mol. The van der Waals surface area contributed by atoms with Crippen LogP contribution in [-0.2, 0) is 9.63 Å². The van der Waals surface area contributed by atoms with E-state index in [-0.39, 0.29) is 11.1 Å². The van der Waals surface area contributed by atoms with Gasteiger partial charge in [0, 0.05) is 0 Å². The van der Waals surface area contributed by atoms with Crippen LogP contribution < -0.4 is 0 Å². The topological polar surface area (TPSA) is 81.5 Å². The Kier molecular flexibility index (Phi) is 3.35. The van der Waals surface area contributed by atoms with Crippen LogP contribution in [0.3, 0.4) is 0 Å². The molecule has 0 bridgehead atoms. The maximum absolute atomic E-state index is 12.5. The Bertz CT molecular complexity index is 989. The van der Waals surface area contributed by atoms with Gasteiger partial charge < -0.3 is 9.40 Å². The van der Waals surface area contributed by atoms with Gasteiger partial charge in [0.1, 0.15) is 6.04 Å². The lowest BCUT2D eigenvalue weighted by Crippen LogP contribution is -2.35. The lowest BCUT2D eigenvalue weighted by molar-refractivity contribution is -0.172. The molecule has 7 nitrogen and oxygen atoms in total. The van der Waals surface area contributed by atoms with Crippen molar-refractivity contribution in [3.63, 3.8) is 0 Å². The maximum Gasteiger partial charge on any atom is 0.355 e. The van der Waals surface area contributed by atoms with E-state index in [9.17, 15) is 14.4 Å². The molecule has 25 heavy (non-hydrogen) atoms. The number of para-hydroxylation sites is 2. The third kappa shape index (κ3) is 2.28. The standard InChI is InChI=1S/C18H13N3O4/c1-11(20-10-19-14-8-4-5-9-15(14)20)18(24)25-21-16(22)12-6-2-3-7-13(12)17(21)23/h2-11H,1H3. The first-order valence-corrected chi connectivity index (χ1v) is 7.69. The first-order valence-electron chi connectivity index (χ1n) is 7.69. The van der Waals surface area contributed by atoms with E-state index < -0.39 is 23.8 Å². The lowest BCUT2D eigenvalue weighted by atomic mass is 10.1. The molecule has 3 aromatic rings. The summed E-state index contributed by atoms with van der Waals surface area (Å²) < 4.78 is 1.63. The molecule has 0 saturated carbocycles. The Morgan fingerprint density at radius 3 is 2.28 bits per heavy atom. The van der Waals surface area contributed by atoms with Crippen molar-refractivity contribution in [1.29, 1.82) is 0 Å². The Morgan fingerprint density at radius 2 is 1.60 bits per heavy atom. The van der Waals surface area contributed by atoms with Gasteiger partial charge in [-0.2, -0.15) is 0 Å². The molecule has 124 valence electrons. The van der Waals surface area contributed by atoms with Gasteiger partial charge in [-0.15, -0.1) is 0 Å². The van der Waals surface area contributed by atoms with Crippen LogP contribution in [0, 0.1) is 0 Å². The van der Waals surface area contributed by atoms with Crippen LogP contribution in [0.15, 0.2) is 54.9 Å². The number of fused-ring (bicyclic) bond motifs is 2. The lowest BCUT2D eigenvalue weighted by Gasteiger charge is -2.17. The van der Waals surface area contributed by atoms with E-state index in [2.05, 4.69) is 4.98 Å². The number of hydrogen-bond donors (Lipinski definition) is 0. The second-order valence-electron chi connectivity index (χ2n) is 5.68. The molecule has 0 N–H and O–H groups in total. The number of amides is 2. The first-order chi connectivity index (χ1) is 12.1. The Morgan fingerprint density at radius 1 is 1.00 bits per heavy atom. The minimum absolute atomic E-state index is 0.223. The van der Waals surface area contributed by atoms with E-state index in [0.717, 1.165) is 11.0 Å². The van der Waals surface area contributed by atoms with E-state index in [1.54, 1.807) is 23.6 Å². The molecule has 0 aliphatic carbocycles. The van der Waals surface area contributed by atoms with E-state index in [1.807, 2.05) is 24.3 Å². The Balaban J connectivity index is 1.59. The molecule has 0 spiro atoms. The molecule has 1 atom stereocenters. The second kappa shape index (κ2) is 5.55. The molecule has 1 aromatic heterocycles. The van der Waals surface area contributed by atoms with Gasteiger partial charge in [-0.25, -0.2) is 9.78 Å². The third-order valence-corrected chi connectivity index (χ3v) is 4.18. The number of carbonyl (C=O) groups excluding carboxylic acids is 3. The number of hydrogen-bond acceptors (Lipinski definition) is 5. The summed E-state index contributed by atoms with van der Waals surface area (Å²) in [6.45, 7) is 1.62. The number of rotatable bonds is 3. The largest absolute Gasteiger partial charge is 0.355 e. The van der Waals surface area contributed by atoms with Crippen LogP contribution in [0.25, 0.3) is 11.0 Å². The number of benzene rings is 2. The number of carbonyl (C=O) groups is 3. The van der Waals surface area contributed by atoms with Crippen LogP contribution in [-0.4, -0.2) is 32.4 Å². The van der Waals surface area contributed by atoms with Crippen molar-refractivity contribution in [2.75, 3.05) is 0 Å². The fourth-order valence-corrected chi connectivity index (χ4v) is 2.82. The molecule has 7 heteroatoms. The normalized spacial score (nSPS) is 14.7. The van der Waals surface area contributed by atoms with Gasteiger partial charge >= 0.3 is 5.97 Å². The van der Waals surface area contributed by atoms with Crippen molar-refractivity contribution in [3.8, 4) is 0 Å². The van der Waals surface area contributed by atoms with Gasteiger partial charge in [0.15, 0.2) is 0 Å². The van der Waals surface area contributed by atoms with Crippen LogP contribution in [0.2, 0.25) is 0 Å². The molecular formula is C18H13N3O4. The summed E-state index contributed by atoms with van der Waals surface area (Å²) in [6.07, 6.45) is 1.53. The highest BCUT2D eigenvalue weighted by Crippen LogP contribution is 2.24. The van der Waals surface area contributed by atoms with Crippen LogP contribution >= 0.6 is 0 Å². The van der Waals surface area contributed by atoms with Gasteiger partial charge in [0.25, 0.3) is 11.8 Å². The summed E-state index contributed by atoms with van der Waals surface area (Å²) in [5, 5.41) is 0.516. The molecule has 0 saturated heterocycles. The summed E-state index contributed by atoms with van der Waals surface area (Å²) in [5.41, 5.74) is 1.94. The summed E-state index contributed by atoms with van der Waals surface area (Å²) >= 11 is 0. The summed E-state index contributed by atoms with van der Waals surface area (Å²) in [5.74, 6) is -2.01. The molecule has 1 aliphatic rings. The van der Waals surface area contributed by atoms with Gasteiger partial charge in [-0.3, -0.25) is 9.59 Å². The molecule has 0 radical (unpaired) electrons. The molecule has 1 aliphatic heterocycles. The average Bonchev–Trinajstić information content (AvgIpc) is 3.17. The smallest absolute Gasteiger partial charge is 0.327 e. The fourth-order valence-electron chi connectivity index (χ4n) is 2.82. The van der Waals surface area contributed by atoms with E-state index >= 15 is 0 Å². The number of hydroxylamine groups is 2. The van der Waals surface area contributed by atoms with Crippen molar-refractivity contribution in [3.05, 3.63) is 66.0 Å². The SMILES string of the molecule is CC(C(=O)ON1C(=O)c2ccccc2C1=O)n1cnc2ccccc21. The summed E-state index contributed by atoms with van der Waals surface area (Å²) in [6, 6.07) is 12.9. The fraction of sp³-hybridized carbons (Fsp3) is 0.111. The van der Waals surface area contributed by atoms with Gasteiger partial charge in [-0.1, -0.05) is 29.3 Å². The highest BCUT2D eigenvalue weighted by Gasteiger charge is 2.39. The predicted molar refractivity (Wildman–Crippen MR) is 87.5 cm³/mol. The Hall–Kier alpha value is -3.48. The zero-order chi connectivity index (χ0) is 17.6. The third-order valence-electron chi connectivity index (χ3n) is 4.18. The number of imide groups is 1. The second-order valence-corrected chi connectivity index (χ2v) is 5.68. The summed E-state index contributed by atoms with van der Waals surface area (Å²) in [7, 11) is 0. The summed E-state index contributed by atoms with van der Waals surface area (Å²) in [4.78, 5) is 46.3. The molecular weight excluding hydrogens is 322 g/mol. The zero-order valence-electron chi connectivity index (χ0n) is 13.2. The zero-order valence-corrected chi connectivity index (χ0v) is 13.2. The van der Waals surface area contributed by atoms with Crippen molar-refractivity contribution >= 4 is 28.8 Å². The monoisotopic (exact) mass is 335 g/mol. The molecule has 4 rings (SSSR count). The van der Waals surface area contributed by atoms with Gasteiger partial charge in [0.05, 0.1) is 28.5 Å². The quantitative estimate of drug-likeness (QED) is 0.686. The number of nitrogens with zero attached hydrogens (tertiary/aromatic N) is 3. The maximum atomic E-state index is 12.5. The van der Waals surface area contributed by atoms with E-state index in [0.29, 0.717) is 5.06 Å². The first kappa shape index (κ1) is 15.1. The highest BCUT2D eigenvalue weighted by atomic mass is 16.7. The number of imidazole rings is 1. The molecule has 2 heterocycles. The molecule has 2 amide bonds. The van der Waals surface area contributed by atoms with E-state index in [1.165, 1.54) is 18.5 Å². The van der Waals surface area contributed by atoms with Gasteiger partial charge in [-0.05, 0) is 31.2 Å². The van der Waals surface area contributed by atoms with Crippen molar-refractivity contribution < 1.29 is 19.2 Å². The van der Waals surface area contributed by atoms with E-state index in [4.69, 9.17) is 4.84 Å². The van der Waals surface area contributed by atoms with Gasteiger partial charge in [0.2, 0.25) is 0 Å². The van der Waals surface area contributed by atoms with Crippen LogP contribution in [0.5, 0.6) is 0 Å². The minimum Gasteiger partial charge on any atom is -0.327 e. The van der Waals surface area contributed by atoms with Crippen molar-refractivity contribution in [2.24, 2.45) is 0 Å². The molecule has 2 aromatic carbocycles.